The number of carbonyl (C=O) groups is 2. The lowest BCUT2D eigenvalue weighted by atomic mass is 10.0. The number of nitrogens with one attached hydrogen (secondary N) is 1. The molecule has 70 heavy (non-hydrogen) atoms. The van der Waals surface area contributed by atoms with Crippen molar-refractivity contribution >= 4 is 19.7 Å². The molecule has 3 unspecified atom stereocenters. The highest BCUT2D eigenvalue weighted by molar-refractivity contribution is 7.47. The van der Waals surface area contributed by atoms with E-state index in [4.69, 9.17) is 13.8 Å². The fraction of sp³-hybridized carbons (Fsp3) is 0.933. The number of unbranched alkanes of at least 4 members (excludes halogenated alkanes) is 40. The minimum Gasteiger partial charge on any atom is -0.456 e. The second-order valence-electron chi connectivity index (χ2n) is 22.2. The summed E-state index contributed by atoms with van der Waals surface area (Å²) in [7, 11) is 1.52. The Hall–Kier alpha value is -1.25. The fourth-order valence-corrected chi connectivity index (χ4v) is 9.97. The highest BCUT2D eigenvalue weighted by Gasteiger charge is 2.30. The lowest BCUT2D eigenvalue weighted by molar-refractivity contribution is -0.870. The van der Waals surface area contributed by atoms with Gasteiger partial charge in [0.05, 0.1) is 33.8 Å². The maximum absolute atomic E-state index is 13.5. The molecule has 2 N–H and O–H groups in total. The SMILES string of the molecule is CCCCCCCCCCCC/C=C/C(OC(=O)CCCCCCCCCCCCCCCCCCC)C(COP(=O)(O)OCC[N+](C)(C)C)NC(=O)CCCCCCCCCCCCCCCCC. The van der Waals surface area contributed by atoms with E-state index in [1.807, 2.05) is 33.3 Å². The van der Waals surface area contributed by atoms with Crippen LogP contribution in [-0.4, -0.2) is 74.3 Å². The Morgan fingerprint density at radius 1 is 0.486 bits per heavy atom. The summed E-state index contributed by atoms with van der Waals surface area (Å²) in [5, 5.41) is 3.06. The molecule has 0 aliphatic heterocycles. The zero-order chi connectivity index (χ0) is 51.5. The molecular formula is C60H120N2O7P+. The Labute approximate surface area is 435 Å². The topological polar surface area (TPSA) is 111 Å². The smallest absolute Gasteiger partial charge is 0.456 e. The van der Waals surface area contributed by atoms with Gasteiger partial charge in [-0.15, -0.1) is 0 Å². The maximum Gasteiger partial charge on any atom is 0.472 e. The molecule has 9 nitrogen and oxygen atoms in total. The van der Waals surface area contributed by atoms with Crippen molar-refractivity contribution in [3.05, 3.63) is 12.2 Å². The molecule has 0 heterocycles. The maximum atomic E-state index is 13.5. The Bertz CT molecular complexity index is 1210. The van der Waals surface area contributed by atoms with Gasteiger partial charge in [0.15, 0.2) is 0 Å². The molecule has 0 saturated heterocycles. The van der Waals surface area contributed by atoms with Gasteiger partial charge < -0.3 is 19.4 Å². The third-order valence-corrected chi connectivity index (χ3v) is 15.0. The van der Waals surface area contributed by atoms with Crippen LogP contribution < -0.4 is 5.32 Å². The molecule has 0 bridgehead atoms. The summed E-state index contributed by atoms with van der Waals surface area (Å²) >= 11 is 0. The highest BCUT2D eigenvalue weighted by Crippen LogP contribution is 2.43. The first kappa shape index (κ1) is 68.8. The van der Waals surface area contributed by atoms with Crippen LogP contribution in [0.25, 0.3) is 0 Å². The molecular weight excluding hydrogens is 892 g/mol. The van der Waals surface area contributed by atoms with Crippen LogP contribution in [0.5, 0.6) is 0 Å². The van der Waals surface area contributed by atoms with Crippen molar-refractivity contribution in [3.63, 3.8) is 0 Å². The zero-order valence-corrected chi connectivity index (χ0v) is 48.4. The van der Waals surface area contributed by atoms with Crippen LogP contribution in [0.4, 0.5) is 0 Å². The predicted molar refractivity (Wildman–Crippen MR) is 300 cm³/mol. The molecule has 0 aromatic heterocycles. The van der Waals surface area contributed by atoms with E-state index in [9.17, 15) is 19.0 Å². The fourth-order valence-electron chi connectivity index (χ4n) is 9.24. The first-order valence-corrected chi connectivity index (χ1v) is 32.0. The van der Waals surface area contributed by atoms with Gasteiger partial charge in [0.2, 0.25) is 5.91 Å². The molecule has 0 rings (SSSR count). The third kappa shape index (κ3) is 51.6. The average molecular weight is 1010 g/mol. The summed E-state index contributed by atoms with van der Waals surface area (Å²) < 4.78 is 30.7. The van der Waals surface area contributed by atoms with Gasteiger partial charge in [0, 0.05) is 12.8 Å². The van der Waals surface area contributed by atoms with Crippen LogP contribution in [0.2, 0.25) is 0 Å². The number of amides is 1. The standard InChI is InChI=1S/C60H119N2O7P/c1-7-10-13-16-19-22-25-28-30-31-33-35-38-41-44-47-50-53-60(64)69-58(51-48-45-42-39-36-27-24-21-18-15-12-9-3)57(56-68-70(65,66)67-55-54-62(4,5)6)61-59(63)52-49-46-43-40-37-34-32-29-26-23-20-17-14-11-8-2/h48,51,57-58H,7-47,49-50,52-56H2,1-6H3,(H-,61,63,65,66)/p+1/b51-48+. The quantitative estimate of drug-likeness (QED) is 0.0205. The molecule has 0 aromatic carbocycles. The number of ether oxygens (including phenoxy) is 1. The second kappa shape index (κ2) is 51.2. The van der Waals surface area contributed by atoms with Crippen LogP contribution in [0, 0.1) is 0 Å². The molecule has 1 amide bonds. The summed E-state index contributed by atoms with van der Waals surface area (Å²) in [5.74, 6) is -0.484. The van der Waals surface area contributed by atoms with Crippen molar-refractivity contribution in [2.45, 2.75) is 322 Å². The first-order chi connectivity index (χ1) is 33.9. The first-order valence-electron chi connectivity index (χ1n) is 30.5. The Balaban J connectivity index is 5.24. The number of carbonyl (C=O) groups excluding carboxylic acids is 2. The van der Waals surface area contributed by atoms with E-state index in [-0.39, 0.29) is 25.1 Å². The van der Waals surface area contributed by atoms with Crippen molar-refractivity contribution in [2.24, 2.45) is 0 Å². The normalized spacial score (nSPS) is 13.8. The molecule has 0 aliphatic rings. The van der Waals surface area contributed by atoms with Crippen LogP contribution in [0.1, 0.15) is 310 Å². The Morgan fingerprint density at radius 3 is 1.17 bits per heavy atom. The van der Waals surface area contributed by atoms with E-state index < -0.39 is 20.0 Å². The number of hydrogen-bond acceptors (Lipinski definition) is 6. The zero-order valence-electron chi connectivity index (χ0n) is 47.5. The van der Waals surface area contributed by atoms with Crippen molar-refractivity contribution in [1.82, 2.24) is 5.32 Å². The lowest BCUT2D eigenvalue weighted by Gasteiger charge is -2.27. The van der Waals surface area contributed by atoms with E-state index >= 15 is 0 Å². The summed E-state index contributed by atoms with van der Waals surface area (Å²) in [6.45, 7) is 7.06. The molecule has 0 radical (unpaired) electrons. The number of likely N-dealkylation sites (N-methyl/N-ethyl adjacent to an activating group) is 1. The van der Waals surface area contributed by atoms with E-state index in [1.165, 1.54) is 218 Å². The van der Waals surface area contributed by atoms with Crippen LogP contribution in [-0.2, 0) is 27.9 Å². The molecule has 416 valence electrons. The molecule has 0 fully saturated rings. The lowest BCUT2D eigenvalue weighted by Crippen LogP contribution is -2.47. The number of hydrogen-bond donors (Lipinski definition) is 2. The van der Waals surface area contributed by atoms with Gasteiger partial charge in [0.1, 0.15) is 19.3 Å². The van der Waals surface area contributed by atoms with Crippen molar-refractivity contribution in [3.8, 4) is 0 Å². The van der Waals surface area contributed by atoms with E-state index in [2.05, 4.69) is 26.1 Å². The van der Waals surface area contributed by atoms with E-state index in [0.717, 1.165) is 57.8 Å². The number of allylic oxidation sites excluding steroid dienone is 1. The summed E-state index contributed by atoms with van der Waals surface area (Å²) in [5.41, 5.74) is 0. The van der Waals surface area contributed by atoms with E-state index in [0.29, 0.717) is 23.9 Å². The third-order valence-electron chi connectivity index (χ3n) is 14.0. The van der Waals surface area contributed by atoms with Crippen molar-refractivity contribution in [2.75, 3.05) is 40.9 Å². The number of nitrogens with zero attached hydrogens (tertiary/aromatic N) is 1. The van der Waals surface area contributed by atoms with Gasteiger partial charge in [-0.25, -0.2) is 4.57 Å². The summed E-state index contributed by atoms with van der Waals surface area (Å²) in [6.07, 6.45) is 57.7. The van der Waals surface area contributed by atoms with Gasteiger partial charge >= 0.3 is 13.8 Å². The van der Waals surface area contributed by atoms with Gasteiger partial charge in [0.25, 0.3) is 0 Å². The average Bonchev–Trinajstić information content (AvgIpc) is 3.32. The predicted octanol–water partition coefficient (Wildman–Crippen LogP) is 18.4. The number of phosphoric ester groups is 1. The molecule has 0 spiro atoms. The molecule has 0 saturated carbocycles. The van der Waals surface area contributed by atoms with Gasteiger partial charge in [-0.3, -0.25) is 18.6 Å². The minimum atomic E-state index is -4.44. The second-order valence-corrected chi connectivity index (χ2v) is 23.7. The molecule has 10 heteroatoms. The van der Waals surface area contributed by atoms with Crippen molar-refractivity contribution < 1.29 is 37.3 Å². The van der Waals surface area contributed by atoms with Crippen LogP contribution in [0.15, 0.2) is 12.2 Å². The minimum absolute atomic E-state index is 0.0457. The molecule has 0 aliphatic carbocycles. The van der Waals surface area contributed by atoms with Gasteiger partial charge in [-0.1, -0.05) is 277 Å². The molecule has 0 aromatic rings. The Kier molecular flexibility index (Phi) is 50.3. The number of phosphoric acid groups is 1. The van der Waals surface area contributed by atoms with Crippen LogP contribution >= 0.6 is 7.82 Å². The number of esters is 1. The number of quaternary nitrogens is 1. The summed E-state index contributed by atoms with van der Waals surface area (Å²) in [6, 6.07) is -0.838. The van der Waals surface area contributed by atoms with Gasteiger partial charge in [-0.2, -0.15) is 0 Å². The summed E-state index contributed by atoms with van der Waals surface area (Å²) in [4.78, 5) is 37.6. The monoisotopic (exact) mass is 1010 g/mol. The van der Waals surface area contributed by atoms with Crippen LogP contribution in [0.3, 0.4) is 0 Å². The Morgan fingerprint density at radius 2 is 0.814 bits per heavy atom. The highest BCUT2D eigenvalue weighted by atomic mass is 31.2. The van der Waals surface area contributed by atoms with E-state index in [1.54, 1.807) is 0 Å². The van der Waals surface area contributed by atoms with Gasteiger partial charge in [-0.05, 0) is 31.8 Å². The number of rotatable bonds is 56. The van der Waals surface area contributed by atoms with Crippen molar-refractivity contribution in [1.29, 1.82) is 0 Å². The largest absolute Gasteiger partial charge is 0.472 e. The molecule has 3 atom stereocenters.